The zero-order valence-electron chi connectivity index (χ0n) is 15.9. The van der Waals surface area contributed by atoms with E-state index < -0.39 is 11.9 Å². The molecule has 0 spiro atoms. The van der Waals surface area contributed by atoms with Crippen molar-refractivity contribution in [3.8, 4) is 0 Å². The van der Waals surface area contributed by atoms with Crippen LogP contribution in [0.5, 0.6) is 0 Å². The second kappa shape index (κ2) is 8.24. The van der Waals surface area contributed by atoms with Gasteiger partial charge >= 0.3 is 5.97 Å². The van der Waals surface area contributed by atoms with Gasteiger partial charge in [0.05, 0.1) is 17.4 Å². The zero-order valence-corrected chi connectivity index (χ0v) is 15.9. The molecule has 10 nitrogen and oxygen atoms in total. The van der Waals surface area contributed by atoms with Crippen molar-refractivity contribution in [3.63, 3.8) is 0 Å². The van der Waals surface area contributed by atoms with E-state index in [1.807, 2.05) is 6.92 Å². The van der Waals surface area contributed by atoms with Crippen molar-refractivity contribution < 1.29 is 19.5 Å². The van der Waals surface area contributed by atoms with Crippen LogP contribution in [0.15, 0.2) is 12.4 Å². The molecule has 3 N–H and O–H groups in total. The summed E-state index contributed by atoms with van der Waals surface area (Å²) in [5, 5.41) is 23.0. The highest BCUT2D eigenvalue weighted by atomic mass is 16.4. The molecule has 1 aliphatic carbocycles. The summed E-state index contributed by atoms with van der Waals surface area (Å²) in [6.07, 6.45) is 7.94. The van der Waals surface area contributed by atoms with Crippen LogP contribution >= 0.6 is 0 Å². The van der Waals surface area contributed by atoms with Gasteiger partial charge in [-0.1, -0.05) is 19.3 Å². The predicted octanol–water partition coefficient (Wildman–Crippen LogP) is 1.65. The number of carbonyl (C=O) groups is 3. The monoisotopic (exact) mass is 388 g/mol. The van der Waals surface area contributed by atoms with Crippen LogP contribution in [-0.4, -0.2) is 48.5 Å². The number of carboxylic acids is 1. The van der Waals surface area contributed by atoms with E-state index in [0.717, 1.165) is 30.4 Å². The maximum atomic E-state index is 12.7. The summed E-state index contributed by atoms with van der Waals surface area (Å²) in [4.78, 5) is 36.7. The average Bonchev–Trinajstić information content (AvgIpc) is 3.26. The van der Waals surface area contributed by atoms with E-state index in [9.17, 15) is 19.5 Å². The Morgan fingerprint density at radius 3 is 2.57 bits per heavy atom. The molecule has 1 aliphatic rings. The van der Waals surface area contributed by atoms with Crippen LogP contribution in [0.3, 0.4) is 0 Å². The first-order valence-corrected chi connectivity index (χ1v) is 9.35. The lowest BCUT2D eigenvalue weighted by Gasteiger charge is -2.22. The highest BCUT2D eigenvalue weighted by Crippen LogP contribution is 2.20. The third kappa shape index (κ3) is 4.05. The summed E-state index contributed by atoms with van der Waals surface area (Å²) >= 11 is 0. The Morgan fingerprint density at radius 1 is 1.21 bits per heavy atom. The van der Waals surface area contributed by atoms with E-state index in [2.05, 4.69) is 20.8 Å². The molecule has 0 aromatic carbocycles. The van der Waals surface area contributed by atoms with Gasteiger partial charge in [-0.15, -0.1) is 0 Å². The molecule has 150 valence electrons. The van der Waals surface area contributed by atoms with Crippen LogP contribution in [0.1, 0.15) is 70.4 Å². The highest BCUT2D eigenvalue weighted by Gasteiger charge is 2.26. The Morgan fingerprint density at radius 2 is 1.93 bits per heavy atom. The number of rotatable bonds is 6. The van der Waals surface area contributed by atoms with Gasteiger partial charge in [0.25, 0.3) is 11.8 Å². The molecule has 28 heavy (non-hydrogen) atoms. The van der Waals surface area contributed by atoms with Gasteiger partial charge in [-0.2, -0.15) is 10.2 Å². The Balaban J connectivity index is 1.82. The number of hydrogen-bond donors (Lipinski definition) is 3. The number of amides is 2. The topological polar surface area (TPSA) is 131 Å². The molecule has 10 heteroatoms. The smallest absolute Gasteiger partial charge is 0.354 e. The molecule has 0 atom stereocenters. The number of nitrogens with one attached hydrogen (secondary N) is 2. The molecule has 1 fully saturated rings. The van der Waals surface area contributed by atoms with E-state index in [1.165, 1.54) is 19.7 Å². The van der Waals surface area contributed by atoms with E-state index in [0.29, 0.717) is 6.54 Å². The molecule has 2 heterocycles. The molecular weight excluding hydrogens is 364 g/mol. The number of aromatic nitrogens is 4. The summed E-state index contributed by atoms with van der Waals surface area (Å²) < 4.78 is 2.66. The van der Waals surface area contributed by atoms with Crippen molar-refractivity contribution in [2.45, 2.75) is 51.6 Å². The minimum absolute atomic E-state index is 0.0853. The van der Waals surface area contributed by atoms with E-state index >= 15 is 0 Å². The normalized spacial score (nSPS) is 14.6. The molecule has 0 bridgehead atoms. The van der Waals surface area contributed by atoms with Crippen LogP contribution in [0, 0.1) is 0 Å². The van der Waals surface area contributed by atoms with Gasteiger partial charge in [-0.25, -0.2) is 4.79 Å². The van der Waals surface area contributed by atoms with Crippen molar-refractivity contribution in [1.82, 2.24) is 24.9 Å². The lowest BCUT2D eigenvalue weighted by molar-refractivity contribution is 0.0680. The fraction of sp³-hybridized carbons (Fsp3) is 0.500. The SMILES string of the molecule is CCn1cc(NC(=O)c2cnn(C)c2C(=O)O)c(C(=O)NC2CCCCC2)n1. The average molecular weight is 388 g/mol. The molecule has 2 amide bonds. The molecule has 2 aromatic heterocycles. The van der Waals surface area contributed by atoms with Gasteiger partial charge in [0.1, 0.15) is 0 Å². The maximum absolute atomic E-state index is 12.7. The third-order valence-corrected chi connectivity index (χ3v) is 4.88. The Kier molecular flexibility index (Phi) is 5.76. The first kappa shape index (κ1) is 19.6. The van der Waals surface area contributed by atoms with Crippen molar-refractivity contribution in [2.75, 3.05) is 5.32 Å². The highest BCUT2D eigenvalue weighted by molar-refractivity contribution is 6.12. The van der Waals surface area contributed by atoms with Crippen LogP contribution in [0.4, 0.5) is 5.69 Å². The van der Waals surface area contributed by atoms with Crippen molar-refractivity contribution >= 4 is 23.5 Å². The molecule has 0 saturated heterocycles. The summed E-state index contributed by atoms with van der Waals surface area (Å²) in [5.41, 5.74) is 0.0355. The Bertz CT molecular complexity index is 894. The maximum Gasteiger partial charge on any atom is 0.354 e. The fourth-order valence-electron chi connectivity index (χ4n) is 3.39. The summed E-state index contributed by atoms with van der Waals surface area (Å²) in [5.74, 6) is -2.27. The Labute approximate surface area is 161 Å². The largest absolute Gasteiger partial charge is 0.477 e. The number of aryl methyl sites for hydroxylation is 2. The van der Waals surface area contributed by atoms with Crippen LogP contribution in [-0.2, 0) is 13.6 Å². The number of anilines is 1. The summed E-state index contributed by atoms with van der Waals surface area (Å²) in [6, 6.07) is 0.105. The van der Waals surface area contributed by atoms with Crippen molar-refractivity contribution in [2.24, 2.45) is 7.05 Å². The molecule has 0 radical (unpaired) electrons. The van der Waals surface area contributed by atoms with Gasteiger partial charge in [0.15, 0.2) is 11.4 Å². The van der Waals surface area contributed by atoms with E-state index in [-0.39, 0.29) is 34.6 Å². The minimum Gasteiger partial charge on any atom is -0.477 e. The fourth-order valence-corrected chi connectivity index (χ4v) is 3.39. The summed E-state index contributed by atoms with van der Waals surface area (Å²) in [6.45, 7) is 2.39. The first-order valence-electron chi connectivity index (χ1n) is 9.35. The number of carbonyl (C=O) groups excluding carboxylic acids is 2. The number of carboxylic acid groups (broad SMARTS) is 1. The lowest BCUT2D eigenvalue weighted by Crippen LogP contribution is -2.36. The molecule has 3 rings (SSSR count). The number of nitrogens with zero attached hydrogens (tertiary/aromatic N) is 4. The van der Waals surface area contributed by atoms with Crippen molar-refractivity contribution in [1.29, 1.82) is 0 Å². The van der Waals surface area contributed by atoms with Gasteiger partial charge in [-0.3, -0.25) is 19.0 Å². The first-order chi connectivity index (χ1) is 13.4. The van der Waals surface area contributed by atoms with Gasteiger partial charge in [0.2, 0.25) is 0 Å². The number of aromatic carboxylic acids is 1. The second-order valence-electron chi connectivity index (χ2n) is 6.85. The van der Waals surface area contributed by atoms with Crippen LogP contribution in [0.25, 0.3) is 0 Å². The zero-order chi connectivity index (χ0) is 20.3. The number of hydrogen-bond acceptors (Lipinski definition) is 5. The Hall–Kier alpha value is -3.17. The van der Waals surface area contributed by atoms with Crippen molar-refractivity contribution in [3.05, 3.63) is 29.3 Å². The third-order valence-electron chi connectivity index (χ3n) is 4.88. The minimum atomic E-state index is -1.26. The quantitative estimate of drug-likeness (QED) is 0.689. The van der Waals surface area contributed by atoms with E-state index in [1.54, 1.807) is 10.9 Å². The van der Waals surface area contributed by atoms with Gasteiger partial charge in [0, 0.05) is 25.8 Å². The van der Waals surface area contributed by atoms with Gasteiger partial charge in [-0.05, 0) is 19.8 Å². The molecule has 2 aromatic rings. The molecule has 1 saturated carbocycles. The van der Waals surface area contributed by atoms with Gasteiger partial charge < -0.3 is 15.7 Å². The molecule has 0 aliphatic heterocycles. The van der Waals surface area contributed by atoms with E-state index in [4.69, 9.17) is 0 Å². The molecular formula is C18H24N6O4. The standard InChI is InChI=1S/C18H24N6O4/c1-3-24-10-13(14(22-24)17(26)20-11-7-5-4-6-8-11)21-16(25)12-9-19-23(2)15(12)18(27)28/h9-11H,3-8H2,1-2H3,(H,20,26)(H,21,25)(H,27,28). The lowest BCUT2D eigenvalue weighted by atomic mass is 9.95. The predicted molar refractivity (Wildman–Crippen MR) is 100 cm³/mol. The second-order valence-corrected chi connectivity index (χ2v) is 6.85. The molecule has 0 unspecified atom stereocenters. The van der Waals surface area contributed by atoms with Crippen LogP contribution in [0.2, 0.25) is 0 Å². The summed E-state index contributed by atoms with van der Waals surface area (Å²) in [7, 11) is 1.44. The van der Waals surface area contributed by atoms with Crippen LogP contribution < -0.4 is 10.6 Å².